The molecule has 0 fully saturated rings. The van der Waals surface area contributed by atoms with Gasteiger partial charge in [0.2, 0.25) is 0 Å². The van der Waals surface area contributed by atoms with Crippen molar-refractivity contribution in [3.8, 4) is 5.75 Å². The summed E-state index contributed by atoms with van der Waals surface area (Å²) < 4.78 is 11.0. The standard InChI is InChI=1S/C17H21NO2/c1-3-20-17(14-7-5-4-6-8-14)16(18)13-9-11-15(19-2)12-10-13/h4-12,16-17H,3,18H2,1-2H3. The number of nitrogens with two attached hydrogens (primary N) is 1. The van der Waals surface area contributed by atoms with Crippen LogP contribution in [0.25, 0.3) is 0 Å². The molecule has 0 bridgehead atoms. The van der Waals surface area contributed by atoms with Crippen LogP contribution in [0.3, 0.4) is 0 Å². The van der Waals surface area contributed by atoms with Gasteiger partial charge in [0.25, 0.3) is 0 Å². The first-order valence-electron chi connectivity index (χ1n) is 6.82. The molecule has 0 spiro atoms. The van der Waals surface area contributed by atoms with Crippen molar-refractivity contribution >= 4 is 0 Å². The second-order valence-electron chi connectivity index (χ2n) is 4.59. The van der Waals surface area contributed by atoms with Gasteiger partial charge in [-0.1, -0.05) is 42.5 Å². The maximum atomic E-state index is 6.38. The Kier molecular flexibility index (Phi) is 5.16. The molecule has 0 saturated heterocycles. The molecule has 2 N–H and O–H groups in total. The molecule has 0 aromatic heterocycles. The highest BCUT2D eigenvalue weighted by atomic mass is 16.5. The zero-order valence-corrected chi connectivity index (χ0v) is 12.0. The van der Waals surface area contributed by atoms with Gasteiger partial charge in [-0.25, -0.2) is 0 Å². The van der Waals surface area contributed by atoms with Crippen LogP contribution in [-0.4, -0.2) is 13.7 Å². The van der Waals surface area contributed by atoms with Crippen LogP contribution in [-0.2, 0) is 4.74 Å². The van der Waals surface area contributed by atoms with Crippen molar-refractivity contribution in [2.45, 2.75) is 19.1 Å². The first-order chi connectivity index (χ1) is 9.76. The Hall–Kier alpha value is -1.84. The van der Waals surface area contributed by atoms with Crippen LogP contribution in [0.1, 0.15) is 30.2 Å². The summed E-state index contributed by atoms with van der Waals surface area (Å²) in [5.41, 5.74) is 8.51. The predicted octanol–water partition coefficient (Wildman–Crippen LogP) is 3.47. The molecule has 0 saturated carbocycles. The van der Waals surface area contributed by atoms with E-state index < -0.39 is 0 Å². The summed E-state index contributed by atoms with van der Waals surface area (Å²) in [5, 5.41) is 0. The third kappa shape index (κ3) is 3.38. The Labute approximate surface area is 120 Å². The fraction of sp³-hybridized carbons (Fsp3) is 0.294. The van der Waals surface area contributed by atoms with Crippen LogP contribution in [0.15, 0.2) is 54.6 Å². The van der Waals surface area contributed by atoms with Crippen molar-refractivity contribution < 1.29 is 9.47 Å². The van der Waals surface area contributed by atoms with Crippen molar-refractivity contribution in [3.63, 3.8) is 0 Å². The summed E-state index contributed by atoms with van der Waals surface area (Å²) in [4.78, 5) is 0. The molecule has 2 atom stereocenters. The van der Waals surface area contributed by atoms with Gasteiger partial charge in [0, 0.05) is 6.61 Å². The molecule has 3 heteroatoms. The summed E-state index contributed by atoms with van der Waals surface area (Å²) in [5.74, 6) is 0.827. The highest BCUT2D eigenvalue weighted by molar-refractivity contribution is 5.31. The van der Waals surface area contributed by atoms with Crippen LogP contribution in [0.5, 0.6) is 5.75 Å². The minimum atomic E-state index is -0.205. The van der Waals surface area contributed by atoms with Crippen LogP contribution >= 0.6 is 0 Å². The van der Waals surface area contributed by atoms with Crippen molar-refractivity contribution in [2.24, 2.45) is 5.73 Å². The molecule has 0 aliphatic rings. The van der Waals surface area contributed by atoms with Gasteiger partial charge in [0.1, 0.15) is 11.9 Å². The predicted molar refractivity (Wildman–Crippen MR) is 80.7 cm³/mol. The fourth-order valence-electron chi connectivity index (χ4n) is 2.23. The zero-order valence-electron chi connectivity index (χ0n) is 12.0. The third-order valence-electron chi connectivity index (χ3n) is 3.30. The minimum Gasteiger partial charge on any atom is -0.497 e. The van der Waals surface area contributed by atoms with Gasteiger partial charge in [0.15, 0.2) is 0 Å². The van der Waals surface area contributed by atoms with Crippen LogP contribution in [0.4, 0.5) is 0 Å². The Bertz CT molecular complexity index is 510. The van der Waals surface area contributed by atoms with Gasteiger partial charge in [-0.15, -0.1) is 0 Å². The molecule has 20 heavy (non-hydrogen) atoms. The molecule has 0 radical (unpaired) electrons. The number of rotatable bonds is 6. The Morgan fingerprint density at radius 3 is 2.15 bits per heavy atom. The lowest BCUT2D eigenvalue weighted by Gasteiger charge is -2.24. The van der Waals surface area contributed by atoms with Gasteiger partial charge in [0.05, 0.1) is 13.2 Å². The van der Waals surface area contributed by atoms with Crippen molar-refractivity contribution in [3.05, 3.63) is 65.7 Å². The summed E-state index contributed by atoms with van der Waals surface area (Å²) in [6.45, 7) is 2.61. The molecule has 3 nitrogen and oxygen atoms in total. The molecular weight excluding hydrogens is 250 g/mol. The first kappa shape index (κ1) is 14.6. The van der Waals surface area contributed by atoms with Crippen LogP contribution in [0, 0.1) is 0 Å². The Morgan fingerprint density at radius 1 is 0.950 bits per heavy atom. The minimum absolute atomic E-state index is 0.144. The van der Waals surface area contributed by atoms with E-state index in [1.165, 1.54) is 0 Å². The monoisotopic (exact) mass is 271 g/mol. The Morgan fingerprint density at radius 2 is 1.60 bits per heavy atom. The van der Waals surface area contributed by atoms with Crippen molar-refractivity contribution in [1.29, 1.82) is 0 Å². The van der Waals surface area contributed by atoms with E-state index in [0.717, 1.165) is 16.9 Å². The molecule has 2 rings (SSSR count). The van der Waals surface area contributed by atoms with Crippen molar-refractivity contribution in [1.82, 2.24) is 0 Å². The van der Waals surface area contributed by atoms with Gasteiger partial charge in [-0.2, -0.15) is 0 Å². The number of methoxy groups -OCH3 is 1. The average molecular weight is 271 g/mol. The summed E-state index contributed by atoms with van der Waals surface area (Å²) in [6.07, 6.45) is -0.144. The van der Waals surface area contributed by atoms with Crippen LogP contribution < -0.4 is 10.5 Å². The topological polar surface area (TPSA) is 44.5 Å². The van der Waals surface area contributed by atoms with E-state index in [9.17, 15) is 0 Å². The van der Waals surface area contributed by atoms with Crippen LogP contribution in [0.2, 0.25) is 0 Å². The van der Waals surface area contributed by atoms with Crippen molar-refractivity contribution in [2.75, 3.05) is 13.7 Å². The first-order valence-corrected chi connectivity index (χ1v) is 6.82. The largest absolute Gasteiger partial charge is 0.497 e. The maximum absolute atomic E-state index is 6.38. The molecule has 0 heterocycles. The molecule has 0 aliphatic carbocycles. The lowest BCUT2D eigenvalue weighted by atomic mass is 9.96. The lowest BCUT2D eigenvalue weighted by Crippen LogP contribution is -2.22. The number of ether oxygens (including phenoxy) is 2. The van der Waals surface area contributed by atoms with Gasteiger partial charge in [-0.3, -0.25) is 0 Å². The quantitative estimate of drug-likeness (QED) is 0.875. The highest BCUT2D eigenvalue weighted by Crippen LogP contribution is 2.30. The van der Waals surface area contributed by atoms with E-state index >= 15 is 0 Å². The van der Waals surface area contributed by atoms with E-state index in [2.05, 4.69) is 0 Å². The smallest absolute Gasteiger partial charge is 0.118 e. The molecular formula is C17H21NO2. The van der Waals surface area contributed by atoms with Gasteiger partial charge in [-0.05, 0) is 30.2 Å². The molecule has 106 valence electrons. The summed E-state index contributed by atoms with van der Waals surface area (Å²) >= 11 is 0. The maximum Gasteiger partial charge on any atom is 0.118 e. The third-order valence-corrected chi connectivity index (χ3v) is 3.30. The molecule has 0 aliphatic heterocycles. The fourth-order valence-corrected chi connectivity index (χ4v) is 2.23. The highest BCUT2D eigenvalue weighted by Gasteiger charge is 2.21. The second kappa shape index (κ2) is 7.08. The lowest BCUT2D eigenvalue weighted by molar-refractivity contribution is 0.0429. The average Bonchev–Trinajstić information content (AvgIpc) is 2.53. The molecule has 2 unspecified atom stereocenters. The van der Waals surface area contributed by atoms with E-state index in [-0.39, 0.29) is 12.1 Å². The second-order valence-corrected chi connectivity index (χ2v) is 4.59. The summed E-state index contributed by atoms with van der Waals surface area (Å²) in [6, 6.07) is 17.7. The number of benzene rings is 2. The number of hydrogen-bond donors (Lipinski definition) is 1. The summed E-state index contributed by atoms with van der Waals surface area (Å²) in [7, 11) is 1.65. The Balaban J connectivity index is 2.24. The van der Waals surface area contributed by atoms with Gasteiger partial charge >= 0.3 is 0 Å². The number of hydrogen-bond acceptors (Lipinski definition) is 3. The van der Waals surface area contributed by atoms with E-state index in [0.29, 0.717) is 6.61 Å². The molecule has 2 aromatic carbocycles. The SMILES string of the molecule is CCOC(c1ccccc1)C(N)c1ccc(OC)cc1. The van der Waals surface area contributed by atoms with E-state index in [1.54, 1.807) is 7.11 Å². The van der Waals surface area contributed by atoms with Gasteiger partial charge < -0.3 is 15.2 Å². The van der Waals surface area contributed by atoms with E-state index in [4.69, 9.17) is 15.2 Å². The zero-order chi connectivity index (χ0) is 14.4. The molecule has 2 aromatic rings. The van der Waals surface area contributed by atoms with E-state index in [1.807, 2.05) is 61.5 Å². The molecule has 0 amide bonds. The normalized spacial score (nSPS) is 13.8.